The van der Waals surface area contributed by atoms with E-state index in [-0.39, 0.29) is 0 Å². The molecule has 0 fully saturated rings. The molecule has 0 aliphatic heterocycles. The Kier molecular flexibility index (Phi) is 6.40. The van der Waals surface area contributed by atoms with Crippen LogP contribution in [0.2, 0.25) is 0 Å². The number of hydrogen-bond donors (Lipinski definition) is 0. The maximum absolute atomic E-state index is 3.43. The molecule has 0 aromatic rings. The zero-order valence-corrected chi connectivity index (χ0v) is 13.5. The van der Waals surface area contributed by atoms with Crippen molar-refractivity contribution in [3.8, 4) is 0 Å². The molecule has 0 nitrogen and oxygen atoms in total. The zero-order valence-electron chi connectivity index (χ0n) is 10.4. The van der Waals surface area contributed by atoms with E-state index in [9.17, 15) is 0 Å². The second-order valence-corrected chi connectivity index (χ2v) is 5.75. The summed E-state index contributed by atoms with van der Waals surface area (Å²) in [6, 6.07) is 0. The van der Waals surface area contributed by atoms with Crippen molar-refractivity contribution in [1.82, 2.24) is 0 Å². The molecule has 1 rings (SSSR count). The average molecular weight is 304 g/mol. The third kappa shape index (κ3) is 3.44. The van der Waals surface area contributed by atoms with Gasteiger partial charge >= 0.3 is 81.1 Å². The molecular weight excluding hydrogens is 284 g/mol. The molecule has 1 aliphatic carbocycles. The van der Waals surface area contributed by atoms with Crippen molar-refractivity contribution in [3.05, 3.63) is 33.3 Å². The Balaban J connectivity index is 0.000000423. The van der Waals surface area contributed by atoms with Crippen LogP contribution < -0.4 is 0 Å². The zero-order chi connectivity index (χ0) is 12.2. The predicted molar refractivity (Wildman–Crippen MR) is 68.8 cm³/mol. The van der Waals surface area contributed by atoms with E-state index < -0.39 is 0 Å². The Labute approximate surface area is 114 Å². The van der Waals surface area contributed by atoms with E-state index in [2.05, 4.69) is 77.6 Å². The fraction of sp³-hybridized carbons (Fsp3) is 0.538. The third-order valence-electron chi connectivity index (χ3n) is 3.17. The Morgan fingerprint density at radius 3 is 1.73 bits per heavy atom. The summed E-state index contributed by atoms with van der Waals surface area (Å²) in [6.07, 6.45) is 1.79. The molecule has 2 heteroatoms. The van der Waals surface area contributed by atoms with Crippen LogP contribution in [0.5, 0.6) is 0 Å². The first-order valence-electron chi connectivity index (χ1n) is 5.08. The van der Waals surface area contributed by atoms with Gasteiger partial charge in [-0.1, -0.05) is 22.0 Å². The summed E-state index contributed by atoms with van der Waals surface area (Å²) in [6.45, 7) is 14.7. The molecule has 0 aromatic carbocycles. The Morgan fingerprint density at radius 2 is 1.67 bits per heavy atom. The Morgan fingerprint density at radius 1 is 1.27 bits per heavy atom. The summed E-state index contributed by atoms with van der Waals surface area (Å²) in [4.78, 5) is 0. The predicted octanol–water partition coefficient (Wildman–Crippen LogP) is 4.75. The number of alkyl halides is 1. The molecule has 0 aromatic heterocycles. The minimum atomic E-state index is 0.314. The molecule has 0 N–H and O–H groups in total. The fourth-order valence-electron chi connectivity index (χ4n) is 1.59. The topological polar surface area (TPSA) is 0 Å². The monoisotopic (exact) mass is 303 g/mol. The molecule has 0 saturated heterocycles. The minimum absolute atomic E-state index is 0.314. The van der Waals surface area contributed by atoms with Gasteiger partial charge in [-0.3, -0.25) is 0 Å². The van der Waals surface area contributed by atoms with Crippen molar-refractivity contribution in [2.24, 2.45) is 5.41 Å². The average Bonchev–Trinajstić information content (AvgIpc) is 2.35. The first kappa shape index (κ1) is 15.4. The van der Waals surface area contributed by atoms with E-state index in [1.54, 1.807) is 6.08 Å². The van der Waals surface area contributed by atoms with Gasteiger partial charge in [0.2, 0.25) is 0 Å². The second-order valence-electron chi connectivity index (χ2n) is 4.32. The van der Waals surface area contributed by atoms with Gasteiger partial charge in [-0.15, -0.1) is 6.58 Å². The van der Waals surface area contributed by atoms with Crippen LogP contribution in [0.1, 0.15) is 34.6 Å². The molecular formula is C13H20BrTi. The van der Waals surface area contributed by atoms with Gasteiger partial charge in [-0.2, -0.15) is 0 Å². The van der Waals surface area contributed by atoms with E-state index in [1.165, 1.54) is 20.6 Å². The molecule has 0 saturated carbocycles. The first-order chi connectivity index (χ1) is 6.80. The summed E-state index contributed by atoms with van der Waals surface area (Å²) < 4.78 is 1.53. The van der Waals surface area contributed by atoms with Crippen molar-refractivity contribution >= 4 is 15.9 Å². The third-order valence-corrected chi connectivity index (χ3v) is 5.19. The number of allylic oxidation sites excluding steroid dienone is 5. The van der Waals surface area contributed by atoms with E-state index in [0.29, 0.717) is 5.41 Å². The van der Waals surface area contributed by atoms with Crippen LogP contribution in [0.4, 0.5) is 0 Å². The summed E-state index contributed by atoms with van der Waals surface area (Å²) in [7, 11) is 0. The van der Waals surface area contributed by atoms with Gasteiger partial charge < -0.3 is 0 Å². The van der Waals surface area contributed by atoms with Crippen molar-refractivity contribution in [2.75, 3.05) is 5.33 Å². The molecule has 15 heavy (non-hydrogen) atoms. The molecule has 0 spiro atoms. The summed E-state index contributed by atoms with van der Waals surface area (Å²) in [5, 5.41) is 0.896. The number of hydrogen-bond acceptors (Lipinski definition) is 0. The van der Waals surface area contributed by atoms with Crippen LogP contribution in [-0.4, -0.2) is 5.33 Å². The maximum atomic E-state index is 3.43. The normalized spacial score (nSPS) is 18.7. The van der Waals surface area contributed by atoms with Crippen LogP contribution in [0.25, 0.3) is 0 Å². The molecule has 1 aliphatic rings. The summed E-state index contributed by atoms with van der Waals surface area (Å²) in [5.74, 6) is 0. The van der Waals surface area contributed by atoms with Crippen molar-refractivity contribution in [3.63, 3.8) is 0 Å². The molecule has 0 heterocycles. The number of halogens is 1. The summed E-state index contributed by atoms with van der Waals surface area (Å²) >= 11 is 5.38. The van der Waals surface area contributed by atoms with E-state index in [4.69, 9.17) is 0 Å². The van der Waals surface area contributed by atoms with Crippen LogP contribution in [0.15, 0.2) is 33.3 Å². The Bertz CT molecular complexity index is 282. The van der Waals surface area contributed by atoms with E-state index >= 15 is 0 Å². The van der Waals surface area contributed by atoms with E-state index in [1.807, 2.05) is 0 Å². The Hall–Kier alpha value is 0.414. The molecule has 0 amide bonds. The molecule has 0 bridgehead atoms. The molecule has 0 radical (unpaired) electrons. The van der Waals surface area contributed by atoms with Gasteiger partial charge in [-0.25, -0.2) is 0 Å². The molecule has 83 valence electrons. The SMILES string of the molecule is C=CCBr.CC1=C(C)C(C)(C)[C]([Ti])=C1C. The first-order valence-corrected chi connectivity index (χ1v) is 6.99. The standard InChI is InChI=1S/C10H15.C3H5Br.Ti/c1-7-6-10(4,5)9(3)8(7)2;1-2-3-4;/h1-5H3;2H,1,3H2;. The van der Waals surface area contributed by atoms with Gasteiger partial charge in [0.1, 0.15) is 0 Å². The van der Waals surface area contributed by atoms with Gasteiger partial charge in [-0.05, 0) is 0 Å². The van der Waals surface area contributed by atoms with Crippen LogP contribution in [0.3, 0.4) is 0 Å². The van der Waals surface area contributed by atoms with Crippen molar-refractivity contribution in [2.45, 2.75) is 34.6 Å². The fourth-order valence-corrected chi connectivity index (χ4v) is 2.18. The number of rotatable bonds is 1. The van der Waals surface area contributed by atoms with Gasteiger partial charge in [0.25, 0.3) is 0 Å². The van der Waals surface area contributed by atoms with Gasteiger partial charge in [0, 0.05) is 5.33 Å². The van der Waals surface area contributed by atoms with Gasteiger partial charge in [0.05, 0.1) is 0 Å². The summed E-state index contributed by atoms with van der Waals surface area (Å²) in [5.41, 5.74) is 4.83. The second kappa shape index (κ2) is 6.22. The molecule has 0 atom stereocenters. The molecule has 0 unspecified atom stereocenters. The van der Waals surface area contributed by atoms with Crippen LogP contribution in [-0.2, 0) is 20.4 Å². The van der Waals surface area contributed by atoms with Crippen molar-refractivity contribution < 1.29 is 20.4 Å². The van der Waals surface area contributed by atoms with Crippen LogP contribution >= 0.6 is 15.9 Å². The van der Waals surface area contributed by atoms with Gasteiger partial charge in [0.15, 0.2) is 0 Å². The van der Waals surface area contributed by atoms with Crippen LogP contribution in [0, 0.1) is 5.41 Å². The van der Waals surface area contributed by atoms with Crippen molar-refractivity contribution in [1.29, 1.82) is 0 Å². The quantitative estimate of drug-likeness (QED) is 0.372. The van der Waals surface area contributed by atoms with E-state index in [0.717, 1.165) is 5.33 Å².